The van der Waals surface area contributed by atoms with Gasteiger partial charge in [0.25, 0.3) is 0 Å². The first-order valence-corrected chi connectivity index (χ1v) is 11.9. The zero-order valence-electron chi connectivity index (χ0n) is 19.0. The van der Waals surface area contributed by atoms with Crippen molar-refractivity contribution in [2.45, 2.75) is 64.2 Å². The number of aromatic nitrogens is 2. The standard InChI is InChI=1S/C25H33N3O4/c1-16-3-7-19(8-4-16)27-25-26-17(2)23(24(28-25)32-22-14-30-15-22)18-5-9-20(10-6-18)31-21-11-12-29-13-21/h5-6,9-10,16,19,21-22H,3-4,7-8,11-15H2,1-2H3,(H,26,27,28)/t16-,19+,21-/m1/s1. The molecule has 1 atom stereocenters. The molecule has 2 saturated heterocycles. The molecule has 2 aromatic rings. The molecule has 0 amide bonds. The van der Waals surface area contributed by atoms with E-state index in [2.05, 4.69) is 24.4 Å². The average molecular weight is 440 g/mol. The highest BCUT2D eigenvalue weighted by molar-refractivity contribution is 5.72. The summed E-state index contributed by atoms with van der Waals surface area (Å²) < 4.78 is 23.0. The highest BCUT2D eigenvalue weighted by Crippen LogP contribution is 2.35. The van der Waals surface area contributed by atoms with Crippen molar-refractivity contribution >= 4 is 5.95 Å². The number of anilines is 1. The Balaban J connectivity index is 1.37. The Labute approximate surface area is 189 Å². The highest BCUT2D eigenvalue weighted by Gasteiger charge is 2.26. The number of nitrogens with one attached hydrogen (secondary N) is 1. The van der Waals surface area contributed by atoms with Crippen molar-refractivity contribution < 1.29 is 18.9 Å². The normalized spacial score (nSPS) is 25.9. The fourth-order valence-corrected chi connectivity index (χ4v) is 4.55. The molecule has 1 saturated carbocycles. The van der Waals surface area contributed by atoms with E-state index in [0.29, 0.717) is 37.7 Å². The largest absolute Gasteiger partial charge is 0.488 e. The van der Waals surface area contributed by atoms with E-state index in [9.17, 15) is 0 Å². The van der Waals surface area contributed by atoms with Crippen LogP contribution in [0.1, 0.15) is 44.7 Å². The van der Waals surface area contributed by atoms with Gasteiger partial charge in [-0.1, -0.05) is 19.1 Å². The molecule has 2 aliphatic heterocycles. The SMILES string of the molecule is Cc1nc(N[C@H]2CC[C@@H](C)CC2)nc(OC2COC2)c1-c1ccc(O[C@@H]2CCOC2)cc1. The van der Waals surface area contributed by atoms with Crippen LogP contribution in [0.5, 0.6) is 11.6 Å². The lowest BCUT2D eigenvalue weighted by atomic mass is 9.87. The predicted octanol–water partition coefficient (Wildman–Crippen LogP) is 4.39. The number of hydrogen-bond donors (Lipinski definition) is 1. The second-order valence-electron chi connectivity index (χ2n) is 9.32. The van der Waals surface area contributed by atoms with Gasteiger partial charge in [-0.05, 0) is 56.2 Å². The Hall–Kier alpha value is -2.38. The van der Waals surface area contributed by atoms with Gasteiger partial charge in [0.1, 0.15) is 18.0 Å². The van der Waals surface area contributed by atoms with Crippen molar-refractivity contribution in [2.24, 2.45) is 5.92 Å². The third kappa shape index (κ3) is 4.99. The summed E-state index contributed by atoms with van der Waals surface area (Å²) in [5, 5.41) is 3.55. The number of aryl methyl sites for hydroxylation is 1. The van der Waals surface area contributed by atoms with E-state index in [-0.39, 0.29) is 12.2 Å². The minimum atomic E-state index is 0.0383. The van der Waals surface area contributed by atoms with E-state index in [4.69, 9.17) is 28.9 Å². The molecule has 0 radical (unpaired) electrons. The van der Waals surface area contributed by atoms with Crippen LogP contribution in [0, 0.1) is 12.8 Å². The smallest absolute Gasteiger partial charge is 0.226 e. The van der Waals surface area contributed by atoms with E-state index in [1.54, 1.807) is 0 Å². The van der Waals surface area contributed by atoms with Gasteiger partial charge >= 0.3 is 0 Å². The van der Waals surface area contributed by atoms with Gasteiger partial charge in [-0.2, -0.15) is 4.98 Å². The molecule has 7 heteroatoms. The van der Waals surface area contributed by atoms with E-state index in [0.717, 1.165) is 54.4 Å². The minimum absolute atomic E-state index is 0.0383. The lowest BCUT2D eigenvalue weighted by Gasteiger charge is -2.29. The quantitative estimate of drug-likeness (QED) is 0.686. The molecule has 0 spiro atoms. The van der Waals surface area contributed by atoms with Crippen LogP contribution >= 0.6 is 0 Å². The topological polar surface area (TPSA) is 74.7 Å². The lowest BCUT2D eigenvalue weighted by molar-refractivity contribution is -0.0811. The number of benzene rings is 1. The molecule has 7 nitrogen and oxygen atoms in total. The number of rotatable bonds is 7. The molecular formula is C25H33N3O4. The van der Waals surface area contributed by atoms with Crippen molar-refractivity contribution in [3.63, 3.8) is 0 Å². The van der Waals surface area contributed by atoms with Gasteiger partial charge < -0.3 is 24.3 Å². The van der Waals surface area contributed by atoms with Crippen molar-refractivity contribution in [3.8, 4) is 22.8 Å². The summed E-state index contributed by atoms with van der Waals surface area (Å²) in [6.07, 6.45) is 5.92. The first kappa shape index (κ1) is 21.5. The maximum atomic E-state index is 6.24. The van der Waals surface area contributed by atoms with E-state index in [1.165, 1.54) is 12.8 Å². The molecule has 172 valence electrons. The van der Waals surface area contributed by atoms with Gasteiger partial charge in [-0.3, -0.25) is 0 Å². The monoisotopic (exact) mass is 439 g/mol. The molecular weight excluding hydrogens is 406 g/mol. The van der Waals surface area contributed by atoms with Crippen molar-refractivity contribution in [1.82, 2.24) is 9.97 Å². The Morgan fingerprint density at radius 2 is 1.62 bits per heavy atom. The summed E-state index contributed by atoms with van der Waals surface area (Å²) in [4.78, 5) is 9.60. The van der Waals surface area contributed by atoms with E-state index in [1.807, 2.05) is 19.1 Å². The molecule has 32 heavy (non-hydrogen) atoms. The van der Waals surface area contributed by atoms with Gasteiger partial charge in [0.05, 0.1) is 37.7 Å². The molecule has 3 heterocycles. The molecule has 3 aliphatic rings. The van der Waals surface area contributed by atoms with Crippen LogP contribution in [0.15, 0.2) is 24.3 Å². The Morgan fingerprint density at radius 3 is 2.28 bits per heavy atom. The van der Waals surface area contributed by atoms with Crippen LogP contribution in [0.2, 0.25) is 0 Å². The average Bonchev–Trinajstić information content (AvgIpc) is 3.26. The second kappa shape index (κ2) is 9.63. The maximum Gasteiger partial charge on any atom is 0.226 e. The van der Waals surface area contributed by atoms with Gasteiger partial charge in [0, 0.05) is 12.5 Å². The summed E-state index contributed by atoms with van der Waals surface area (Å²) in [6.45, 7) is 6.98. The second-order valence-corrected chi connectivity index (χ2v) is 9.32. The lowest BCUT2D eigenvalue weighted by Crippen LogP contribution is -2.39. The van der Waals surface area contributed by atoms with Gasteiger partial charge in [-0.15, -0.1) is 0 Å². The maximum absolute atomic E-state index is 6.24. The fourth-order valence-electron chi connectivity index (χ4n) is 4.55. The van der Waals surface area contributed by atoms with E-state index < -0.39 is 0 Å². The van der Waals surface area contributed by atoms with Crippen LogP contribution in [0.25, 0.3) is 11.1 Å². The molecule has 0 unspecified atom stereocenters. The highest BCUT2D eigenvalue weighted by atomic mass is 16.6. The molecule has 5 rings (SSSR count). The Morgan fingerprint density at radius 1 is 0.875 bits per heavy atom. The zero-order valence-corrected chi connectivity index (χ0v) is 19.0. The van der Waals surface area contributed by atoms with Gasteiger partial charge in [-0.25, -0.2) is 4.98 Å². The molecule has 1 aliphatic carbocycles. The minimum Gasteiger partial charge on any atom is -0.488 e. The van der Waals surface area contributed by atoms with Crippen LogP contribution in [0.3, 0.4) is 0 Å². The summed E-state index contributed by atoms with van der Waals surface area (Å²) in [5.41, 5.74) is 2.85. The summed E-state index contributed by atoms with van der Waals surface area (Å²) >= 11 is 0. The van der Waals surface area contributed by atoms with Crippen molar-refractivity contribution in [2.75, 3.05) is 31.7 Å². The van der Waals surface area contributed by atoms with Crippen molar-refractivity contribution in [1.29, 1.82) is 0 Å². The molecule has 3 fully saturated rings. The molecule has 1 N–H and O–H groups in total. The van der Waals surface area contributed by atoms with Crippen LogP contribution in [-0.4, -0.2) is 54.6 Å². The summed E-state index contributed by atoms with van der Waals surface area (Å²) in [5.74, 6) is 2.93. The molecule has 1 aromatic heterocycles. The van der Waals surface area contributed by atoms with Crippen LogP contribution in [-0.2, 0) is 9.47 Å². The third-order valence-electron chi connectivity index (χ3n) is 6.63. The van der Waals surface area contributed by atoms with Crippen LogP contribution in [0.4, 0.5) is 5.95 Å². The fraction of sp³-hybridized carbons (Fsp3) is 0.600. The number of ether oxygens (including phenoxy) is 4. The van der Waals surface area contributed by atoms with Crippen molar-refractivity contribution in [3.05, 3.63) is 30.0 Å². The summed E-state index contributed by atoms with van der Waals surface area (Å²) in [7, 11) is 0. The van der Waals surface area contributed by atoms with Gasteiger partial charge in [0.2, 0.25) is 11.8 Å². The zero-order chi connectivity index (χ0) is 21.9. The first-order valence-electron chi connectivity index (χ1n) is 11.9. The number of hydrogen-bond acceptors (Lipinski definition) is 7. The summed E-state index contributed by atoms with van der Waals surface area (Å²) in [6, 6.07) is 8.53. The van der Waals surface area contributed by atoms with Crippen LogP contribution < -0.4 is 14.8 Å². The Bertz CT molecular complexity index is 902. The molecule has 0 bridgehead atoms. The first-order chi connectivity index (χ1) is 15.6. The molecule has 1 aromatic carbocycles. The van der Waals surface area contributed by atoms with E-state index >= 15 is 0 Å². The van der Waals surface area contributed by atoms with Gasteiger partial charge in [0.15, 0.2) is 0 Å². The Kier molecular flexibility index (Phi) is 6.46. The predicted molar refractivity (Wildman–Crippen MR) is 122 cm³/mol. The number of nitrogens with zero attached hydrogens (tertiary/aromatic N) is 2. The third-order valence-corrected chi connectivity index (χ3v) is 6.63.